The summed E-state index contributed by atoms with van der Waals surface area (Å²) in [6.07, 6.45) is 2.56. The van der Waals surface area contributed by atoms with Gasteiger partial charge in [-0.05, 0) is 25.9 Å². The molecule has 2 heterocycles. The predicted molar refractivity (Wildman–Crippen MR) is 119 cm³/mol. The minimum Gasteiger partial charge on any atom is -0.369 e. The summed E-state index contributed by atoms with van der Waals surface area (Å²) < 4.78 is 0. The van der Waals surface area contributed by atoms with Crippen LogP contribution in [0.1, 0.15) is 24.0 Å². The van der Waals surface area contributed by atoms with Crippen LogP contribution < -0.4 is 16.2 Å². The molecule has 2 aliphatic rings. The molecule has 0 saturated carbocycles. The molecule has 0 spiro atoms. The molecular formula is C23H26ClN5. The first kappa shape index (κ1) is 19.6. The molecule has 150 valence electrons. The second-order valence-corrected chi connectivity index (χ2v) is 7.65. The minimum atomic E-state index is 0.390. The minimum absolute atomic E-state index is 0.390. The maximum atomic E-state index is 8.85. The zero-order valence-electron chi connectivity index (χ0n) is 16.3. The van der Waals surface area contributed by atoms with Crippen LogP contribution in [-0.2, 0) is 0 Å². The van der Waals surface area contributed by atoms with E-state index in [-0.39, 0.29) is 0 Å². The molecule has 2 aliphatic heterocycles. The van der Waals surface area contributed by atoms with Crippen molar-refractivity contribution in [2.75, 3.05) is 26.2 Å². The lowest BCUT2D eigenvalue weighted by molar-refractivity contribution is 0.338. The third-order valence-electron chi connectivity index (χ3n) is 5.30. The second kappa shape index (κ2) is 9.16. The number of benzene rings is 2. The zero-order chi connectivity index (χ0) is 20.1. The third kappa shape index (κ3) is 4.47. The average Bonchev–Trinajstić information content (AvgIpc) is 3.28. The fraction of sp³-hybridized carbons (Fsp3) is 0.261. The van der Waals surface area contributed by atoms with Gasteiger partial charge in [0, 0.05) is 24.2 Å². The van der Waals surface area contributed by atoms with Crippen molar-refractivity contribution in [3.05, 3.63) is 88.2 Å². The van der Waals surface area contributed by atoms with E-state index in [1.165, 1.54) is 12.8 Å². The normalized spacial score (nSPS) is 17.1. The molecule has 4 N–H and O–H groups in total. The van der Waals surface area contributed by atoms with Crippen LogP contribution in [-0.4, -0.2) is 36.8 Å². The molecule has 5 nitrogen and oxygen atoms in total. The van der Waals surface area contributed by atoms with E-state index in [0.717, 1.165) is 48.8 Å². The Bertz CT molecular complexity index is 915. The summed E-state index contributed by atoms with van der Waals surface area (Å²) in [4.78, 5) is 2.46. The number of allylic oxidation sites excluding steroid dienone is 2. The first-order valence-electron chi connectivity index (χ1n) is 10.1. The Kier molecular flexibility index (Phi) is 6.17. The number of hydrazine groups is 1. The molecule has 0 aromatic heterocycles. The van der Waals surface area contributed by atoms with E-state index >= 15 is 0 Å². The summed E-state index contributed by atoms with van der Waals surface area (Å²) in [5.74, 6) is 0.739. The molecule has 0 bridgehead atoms. The molecule has 0 amide bonds. The van der Waals surface area contributed by atoms with Gasteiger partial charge in [0.1, 0.15) is 5.82 Å². The lowest BCUT2D eigenvalue weighted by Gasteiger charge is -2.28. The summed E-state index contributed by atoms with van der Waals surface area (Å²) in [6, 6.07) is 19.6. The van der Waals surface area contributed by atoms with E-state index < -0.39 is 0 Å². The summed E-state index contributed by atoms with van der Waals surface area (Å²) in [5, 5.41) is 12.8. The molecule has 1 saturated heterocycles. The van der Waals surface area contributed by atoms with Gasteiger partial charge in [-0.3, -0.25) is 16.3 Å². The standard InChI is InChI=1S/C23H26ClN5/c24-20-19(21(25)17-9-3-1-4-10-17)23(26-13-16-29-14-7-8-15-29)28-27-22(20)18-11-5-2-6-12-18/h1-6,9-12,25-28H,7-8,13-16H2. The zero-order valence-corrected chi connectivity index (χ0v) is 17.1. The van der Waals surface area contributed by atoms with Crippen LogP contribution >= 0.6 is 11.6 Å². The van der Waals surface area contributed by atoms with E-state index in [0.29, 0.717) is 16.3 Å². The Hall–Kier alpha value is -2.76. The Morgan fingerprint density at radius 1 is 0.966 bits per heavy atom. The van der Waals surface area contributed by atoms with Crippen molar-refractivity contribution in [1.82, 2.24) is 21.1 Å². The number of hydrogen-bond acceptors (Lipinski definition) is 5. The second-order valence-electron chi connectivity index (χ2n) is 7.27. The van der Waals surface area contributed by atoms with Crippen LogP contribution in [0.2, 0.25) is 0 Å². The summed E-state index contributed by atoms with van der Waals surface area (Å²) in [6.45, 7) is 4.10. The predicted octanol–water partition coefficient (Wildman–Crippen LogP) is 3.67. The maximum absolute atomic E-state index is 8.85. The van der Waals surface area contributed by atoms with E-state index in [4.69, 9.17) is 17.0 Å². The van der Waals surface area contributed by atoms with Crippen molar-refractivity contribution < 1.29 is 0 Å². The summed E-state index contributed by atoms with van der Waals surface area (Å²) in [7, 11) is 0. The summed E-state index contributed by atoms with van der Waals surface area (Å²) in [5.41, 5.74) is 10.1. The number of likely N-dealkylation sites (tertiary alicyclic amines) is 1. The van der Waals surface area contributed by atoms with Gasteiger partial charge in [-0.1, -0.05) is 72.3 Å². The molecule has 0 unspecified atom stereocenters. The van der Waals surface area contributed by atoms with Gasteiger partial charge < -0.3 is 10.2 Å². The topological polar surface area (TPSA) is 63.2 Å². The smallest absolute Gasteiger partial charge is 0.129 e. The van der Waals surface area contributed by atoms with E-state index in [2.05, 4.69) is 21.1 Å². The first-order valence-corrected chi connectivity index (χ1v) is 10.4. The van der Waals surface area contributed by atoms with Gasteiger partial charge in [0.15, 0.2) is 0 Å². The van der Waals surface area contributed by atoms with Crippen LogP contribution in [0.25, 0.3) is 5.70 Å². The average molecular weight is 408 g/mol. The molecular weight excluding hydrogens is 382 g/mol. The van der Waals surface area contributed by atoms with Crippen molar-refractivity contribution in [2.45, 2.75) is 12.8 Å². The van der Waals surface area contributed by atoms with E-state index in [9.17, 15) is 0 Å². The molecule has 0 aliphatic carbocycles. The molecule has 6 heteroatoms. The molecule has 2 aromatic rings. The molecule has 4 rings (SSSR count). The SMILES string of the molecule is N=C(C1=C(NCCN2CCCC2)NNC(c2ccccc2)=C1Cl)c1ccccc1. The lowest BCUT2D eigenvalue weighted by atomic mass is 9.98. The maximum Gasteiger partial charge on any atom is 0.129 e. The molecule has 0 atom stereocenters. The fourth-order valence-corrected chi connectivity index (χ4v) is 4.09. The van der Waals surface area contributed by atoms with Crippen molar-refractivity contribution in [2.24, 2.45) is 0 Å². The Morgan fingerprint density at radius 3 is 2.31 bits per heavy atom. The van der Waals surface area contributed by atoms with Crippen molar-refractivity contribution >= 4 is 23.0 Å². The molecule has 1 fully saturated rings. The van der Waals surface area contributed by atoms with Crippen molar-refractivity contribution in [3.8, 4) is 0 Å². The molecule has 2 aromatic carbocycles. The largest absolute Gasteiger partial charge is 0.369 e. The highest BCUT2D eigenvalue weighted by molar-refractivity contribution is 6.40. The highest BCUT2D eigenvalue weighted by Gasteiger charge is 2.25. The first-order chi connectivity index (χ1) is 14.2. The number of nitrogens with one attached hydrogen (secondary N) is 4. The van der Waals surface area contributed by atoms with Gasteiger partial charge in [-0.2, -0.15) is 0 Å². The van der Waals surface area contributed by atoms with Crippen LogP contribution in [0.5, 0.6) is 0 Å². The van der Waals surface area contributed by atoms with Crippen molar-refractivity contribution in [1.29, 1.82) is 5.41 Å². The Balaban J connectivity index is 1.64. The Morgan fingerprint density at radius 2 is 1.62 bits per heavy atom. The third-order valence-corrected chi connectivity index (χ3v) is 5.68. The monoisotopic (exact) mass is 407 g/mol. The number of rotatable bonds is 7. The highest BCUT2D eigenvalue weighted by Crippen LogP contribution is 2.30. The van der Waals surface area contributed by atoms with Crippen LogP contribution in [0.4, 0.5) is 0 Å². The Labute approximate surface area is 176 Å². The number of nitrogens with zero attached hydrogens (tertiary/aromatic N) is 1. The van der Waals surface area contributed by atoms with Gasteiger partial charge in [-0.15, -0.1) is 0 Å². The van der Waals surface area contributed by atoms with Crippen molar-refractivity contribution in [3.63, 3.8) is 0 Å². The quantitative estimate of drug-likeness (QED) is 0.529. The molecule has 29 heavy (non-hydrogen) atoms. The van der Waals surface area contributed by atoms with Gasteiger partial charge in [0.25, 0.3) is 0 Å². The highest BCUT2D eigenvalue weighted by atomic mass is 35.5. The number of hydrogen-bond donors (Lipinski definition) is 4. The fourth-order valence-electron chi connectivity index (χ4n) is 3.74. The summed E-state index contributed by atoms with van der Waals surface area (Å²) >= 11 is 6.86. The van der Waals surface area contributed by atoms with Gasteiger partial charge >= 0.3 is 0 Å². The lowest BCUT2D eigenvalue weighted by Crippen LogP contribution is -2.43. The van der Waals surface area contributed by atoms with Crippen LogP contribution in [0.15, 0.2) is 77.1 Å². The van der Waals surface area contributed by atoms with E-state index in [1.807, 2.05) is 60.7 Å². The number of halogens is 1. The van der Waals surface area contributed by atoms with E-state index in [1.54, 1.807) is 0 Å². The molecule has 0 radical (unpaired) electrons. The van der Waals surface area contributed by atoms with Crippen LogP contribution in [0.3, 0.4) is 0 Å². The van der Waals surface area contributed by atoms with Crippen LogP contribution in [0, 0.1) is 5.41 Å². The van der Waals surface area contributed by atoms with Gasteiger partial charge in [-0.25, -0.2) is 0 Å². The van der Waals surface area contributed by atoms with Gasteiger partial charge in [0.05, 0.1) is 22.0 Å². The van der Waals surface area contributed by atoms with Gasteiger partial charge in [0.2, 0.25) is 0 Å².